The van der Waals surface area contributed by atoms with E-state index in [2.05, 4.69) is 5.32 Å². The van der Waals surface area contributed by atoms with E-state index in [9.17, 15) is 18.4 Å². The lowest BCUT2D eigenvalue weighted by Gasteiger charge is -2.37. The van der Waals surface area contributed by atoms with Crippen LogP contribution in [0.2, 0.25) is 0 Å². The Hall–Kier alpha value is -1.98. The molecule has 1 aliphatic heterocycles. The number of nitrogens with one attached hydrogen (secondary N) is 1. The number of nitrogens with zero attached hydrogens (tertiary/aromatic N) is 1. The lowest BCUT2D eigenvalue weighted by atomic mass is 10.0. The molecule has 0 radical (unpaired) electrons. The highest BCUT2D eigenvalue weighted by atomic mass is 19.2. The summed E-state index contributed by atoms with van der Waals surface area (Å²) in [5.74, 6) is -2.74. The Balaban J connectivity index is 2.02. The van der Waals surface area contributed by atoms with E-state index in [1.165, 1.54) is 19.1 Å². The fourth-order valence-corrected chi connectivity index (χ4v) is 2.55. The fraction of sp³-hybridized carbons (Fsp3) is 0.429. The van der Waals surface area contributed by atoms with Gasteiger partial charge in [-0.1, -0.05) is 6.07 Å². The molecular weight excluding hydrogens is 266 g/mol. The van der Waals surface area contributed by atoms with Gasteiger partial charge in [0.05, 0.1) is 5.69 Å². The molecular formula is C14H14F2N2O2. The molecule has 2 amide bonds. The Bertz CT molecular complexity index is 587. The molecule has 1 N–H and O–H groups in total. The lowest BCUT2D eigenvalue weighted by Crippen LogP contribution is -2.63. The van der Waals surface area contributed by atoms with E-state index < -0.39 is 23.7 Å². The maximum Gasteiger partial charge on any atom is 0.250 e. The summed E-state index contributed by atoms with van der Waals surface area (Å²) in [5, 5.41) is 2.67. The second kappa shape index (κ2) is 4.54. The number of anilines is 1. The molecule has 1 aromatic carbocycles. The van der Waals surface area contributed by atoms with Crippen LogP contribution in [0.25, 0.3) is 0 Å². The zero-order valence-electron chi connectivity index (χ0n) is 10.9. The predicted molar refractivity (Wildman–Crippen MR) is 68.0 cm³/mol. The van der Waals surface area contributed by atoms with Gasteiger partial charge in [0.15, 0.2) is 11.6 Å². The minimum atomic E-state index is -1.10. The van der Waals surface area contributed by atoms with Crippen LogP contribution < -0.4 is 10.2 Å². The number of piperazine rings is 1. The third-order valence-corrected chi connectivity index (χ3v) is 3.85. The SMILES string of the molecule is CC1C(=O)NC(C2CC2)C(=O)N1c1cccc(F)c1F. The number of hydrogen-bond donors (Lipinski definition) is 1. The van der Waals surface area contributed by atoms with Crippen molar-refractivity contribution in [1.82, 2.24) is 5.32 Å². The first-order valence-electron chi connectivity index (χ1n) is 6.58. The van der Waals surface area contributed by atoms with Crippen LogP contribution in [0.15, 0.2) is 18.2 Å². The highest BCUT2D eigenvalue weighted by molar-refractivity contribution is 6.08. The normalized spacial score (nSPS) is 26.6. The van der Waals surface area contributed by atoms with Gasteiger partial charge in [-0.25, -0.2) is 8.78 Å². The van der Waals surface area contributed by atoms with Gasteiger partial charge in [-0.2, -0.15) is 0 Å². The Morgan fingerprint density at radius 1 is 1.25 bits per heavy atom. The summed E-state index contributed by atoms with van der Waals surface area (Å²) in [6.07, 6.45) is 1.73. The van der Waals surface area contributed by atoms with E-state index in [0.717, 1.165) is 23.8 Å². The highest BCUT2D eigenvalue weighted by Gasteiger charge is 2.46. The summed E-state index contributed by atoms with van der Waals surface area (Å²) < 4.78 is 27.2. The smallest absolute Gasteiger partial charge is 0.250 e. The van der Waals surface area contributed by atoms with Gasteiger partial charge >= 0.3 is 0 Å². The topological polar surface area (TPSA) is 49.4 Å². The van der Waals surface area contributed by atoms with Crippen LogP contribution in [-0.4, -0.2) is 23.9 Å². The first-order chi connectivity index (χ1) is 9.50. The number of amides is 2. The third-order valence-electron chi connectivity index (χ3n) is 3.85. The molecule has 2 atom stereocenters. The quantitative estimate of drug-likeness (QED) is 0.894. The first-order valence-corrected chi connectivity index (χ1v) is 6.58. The van der Waals surface area contributed by atoms with Crippen molar-refractivity contribution in [2.75, 3.05) is 4.90 Å². The second-order valence-electron chi connectivity index (χ2n) is 5.28. The van der Waals surface area contributed by atoms with Crippen molar-refractivity contribution in [3.63, 3.8) is 0 Å². The molecule has 106 valence electrons. The minimum Gasteiger partial charge on any atom is -0.342 e. The Morgan fingerprint density at radius 2 is 1.95 bits per heavy atom. The number of hydrogen-bond acceptors (Lipinski definition) is 2. The molecule has 2 fully saturated rings. The number of carbonyl (C=O) groups is 2. The molecule has 1 heterocycles. The van der Waals surface area contributed by atoms with Crippen molar-refractivity contribution in [3.05, 3.63) is 29.8 Å². The summed E-state index contributed by atoms with van der Waals surface area (Å²) in [6, 6.07) is 2.15. The number of benzene rings is 1. The zero-order chi connectivity index (χ0) is 14.4. The molecule has 2 aliphatic rings. The van der Waals surface area contributed by atoms with Gasteiger partial charge in [0.25, 0.3) is 5.91 Å². The molecule has 2 unspecified atom stereocenters. The van der Waals surface area contributed by atoms with E-state index in [-0.39, 0.29) is 23.4 Å². The van der Waals surface area contributed by atoms with Gasteiger partial charge < -0.3 is 5.32 Å². The van der Waals surface area contributed by atoms with Gasteiger partial charge in [0.1, 0.15) is 12.1 Å². The van der Waals surface area contributed by atoms with Crippen molar-refractivity contribution in [3.8, 4) is 0 Å². The van der Waals surface area contributed by atoms with Gasteiger partial charge in [0, 0.05) is 0 Å². The monoisotopic (exact) mass is 280 g/mol. The minimum absolute atomic E-state index is 0.109. The van der Waals surface area contributed by atoms with Gasteiger partial charge in [0.2, 0.25) is 5.91 Å². The molecule has 1 aromatic rings. The van der Waals surface area contributed by atoms with Crippen molar-refractivity contribution in [2.24, 2.45) is 5.92 Å². The van der Waals surface area contributed by atoms with E-state index in [0.29, 0.717) is 0 Å². The largest absolute Gasteiger partial charge is 0.342 e. The Morgan fingerprint density at radius 3 is 2.60 bits per heavy atom. The van der Waals surface area contributed by atoms with Crippen molar-refractivity contribution >= 4 is 17.5 Å². The van der Waals surface area contributed by atoms with Crippen LogP contribution in [-0.2, 0) is 9.59 Å². The summed E-state index contributed by atoms with van der Waals surface area (Å²) in [7, 11) is 0. The fourth-order valence-electron chi connectivity index (χ4n) is 2.55. The van der Waals surface area contributed by atoms with Crippen LogP contribution in [0.5, 0.6) is 0 Å². The number of halogens is 2. The van der Waals surface area contributed by atoms with Crippen LogP contribution >= 0.6 is 0 Å². The summed E-state index contributed by atoms with van der Waals surface area (Å²) in [6.45, 7) is 1.50. The Labute approximate surface area is 114 Å². The summed E-state index contributed by atoms with van der Waals surface area (Å²) in [4.78, 5) is 25.5. The molecule has 0 bridgehead atoms. The molecule has 3 rings (SSSR count). The standard InChI is InChI=1S/C14H14F2N2O2/c1-7-13(19)17-12(8-5-6-8)14(20)18(7)10-4-2-3-9(15)11(10)16/h2-4,7-8,12H,5-6H2,1H3,(H,17,19). The average molecular weight is 280 g/mol. The molecule has 0 spiro atoms. The maximum absolute atomic E-state index is 13.9. The zero-order valence-corrected chi connectivity index (χ0v) is 10.9. The van der Waals surface area contributed by atoms with E-state index in [1.54, 1.807) is 0 Å². The maximum atomic E-state index is 13.9. The van der Waals surface area contributed by atoms with Crippen molar-refractivity contribution < 1.29 is 18.4 Å². The van der Waals surface area contributed by atoms with Crippen LogP contribution in [0.1, 0.15) is 19.8 Å². The molecule has 6 heteroatoms. The Kier molecular flexibility index (Phi) is 2.96. The van der Waals surface area contributed by atoms with Gasteiger partial charge in [-0.05, 0) is 37.8 Å². The molecule has 1 saturated carbocycles. The molecule has 1 aliphatic carbocycles. The van der Waals surface area contributed by atoms with E-state index >= 15 is 0 Å². The lowest BCUT2D eigenvalue weighted by molar-refractivity contribution is -0.134. The van der Waals surface area contributed by atoms with Crippen molar-refractivity contribution in [2.45, 2.75) is 31.8 Å². The third kappa shape index (κ3) is 1.95. The molecule has 20 heavy (non-hydrogen) atoms. The van der Waals surface area contributed by atoms with Gasteiger partial charge in [-0.3, -0.25) is 14.5 Å². The van der Waals surface area contributed by atoms with Crippen LogP contribution in [0.4, 0.5) is 14.5 Å². The molecule has 1 saturated heterocycles. The second-order valence-corrected chi connectivity index (χ2v) is 5.28. The molecule has 4 nitrogen and oxygen atoms in total. The first kappa shape index (κ1) is 13.0. The average Bonchev–Trinajstić information content (AvgIpc) is 3.23. The van der Waals surface area contributed by atoms with Crippen LogP contribution in [0.3, 0.4) is 0 Å². The van der Waals surface area contributed by atoms with Crippen LogP contribution in [0, 0.1) is 17.6 Å². The number of rotatable bonds is 2. The summed E-state index contributed by atoms with van der Waals surface area (Å²) >= 11 is 0. The molecule has 0 aromatic heterocycles. The van der Waals surface area contributed by atoms with Gasteiger partial charge in [-0.15, -0.1) is 0 Å². The van der Waals surface area contributed by atoms with Crippen molar-refractivity contribution in [1.29, 1.82) is 0 Å². The predicted octanol–water partition coefficient (Wildman–Crippen LogP) is 1.59. The summed E-state index contributed by atoms with van der Waals surface area (Å²) in [5.41, 5.74) is -0.178. The highest BCUT2D eigenvalue weighted by Crippen LogP contribution is 2.36. The van der Waals surface area contributed by atoms with E-state index in [1.807, 2.05) is 0 Å². The number of carbonyl (C=O) groups excluding carboxylic acids is 2. The van der Waals surface area contributed by atoms with E-state index in [4.69, 9.17) is 0 Å².